The summed E-state index contributed by atoms with van der Waals surface area (Å²) in [7, 11) is 0. The summed E-state index contributed by atoms with van der Waals surface area (Å²) in [6.45, 7) is 10.3. The van der Waals surface area contributed by atoms with Crippen LogP contribution in [0.2, 0.25) is 0 Å². The normalized spacial score (nSPS) is 9.27. The van der Waals surface area contributed by atoms with Crippen molar-refractivity contribution in [3.63, 3.8) is 0 Å². The molecule has 0 aromatic heterocycles. The predicted octanol–water partition coefficient (Wildman–Crippen LogP) is 2.99. The molecule has 0 radical (unpaired) electrons. The van der Waals surface area contributed by atoms with Crippen molar-refractivity contribution in [2.24, 2.45) is 0 Å². The Kier molecular flexibility index (Phi) is 1.91. The van der Waals surface area contributed by atoms with Gasteiger partial charge in [-0.25, -0.2) is 9.24 Å². The van der Waals surface area contributed by atoms with Gasteiger partial charge in [0.2, 0.25) is 0 Å². The number of rotatable bonds is 0. The molecule has 0 atom stereocenters. The van der Waals surface area contributed by atoms with Crippen LogP contribution in [0.3, 0.4) is 0 Å². The molecule has 2 heteroatoms. The van der Waals surface area contributed by atoms with E-state index in [2.05, 4.69) is 4.85 Å². The average molecular weight is 149 g/mol. The fourth-order valence-electron chi connectivity index (χ4n) is 1.08. The Bertz CT molecular complexity index is 300. The highest BCUT2D eigenvalue weighted by molar-refractivity contribution is 5.57. The summed E-state index contributed by atoms with van der Waals surface area (Å²) in [6, 6.07) is 2.75. The van der Waals surface area contributed by atoms with Gasteiger partial charge in [-0.1, -0.05) is 0 Å². The minimum Gasteiger partial charge on any atom is -0.238 e. The maximum Gasteiger partial charge on any atom is 0.193 e. The monoisotopic (exact) mass is 149 g/mol. The fourth-order valence-corrected chi connectivity index (χ4v) is 1.08. The highest BCUT2D eigenvalue weighted by atomic mass is 19.1. The lowest BCUT2D eigenvalue weighted by molar-refractivity contribution is 0.626. The largest absolute Gasteiger partial charge is 0.238 e. The minimum atomic E-state index is -0.271. The number of benzene rings is 1. The second kappa shape index (κ2) is 2.71. The molecule has 0 amide bonds. The van der Waals surface area contributed by atoms with E-state index in [1.807, 2.05) is 0 Å². The van der Waals surface area contributed by atoms with Crippen LogP contribution in [0.5, 0.6) is 0 Å². The molecule has 0 unspecified atom stereocenters. The Hall–Kier alpha value is -1.36. The van der Waals surface area contributed by atoms with Crippen LogP contribution in [0, 0.1) is 26.2 Å². The van der Waals surface area contributed by atoms with Gasteiger partial charge in [0.05, 0.1) is 6.57 Å². The molecule has 0 aliphatic rings. The molecule has 0 aliphatic heterocycles. The third-order valence-corrected chi connectivity index (χ3v) is 1.57. The van der Waals surface area contributed by atoms with Gasteiger partial charge in [-0.2, -0.15) is 0 Å². The first-order valence-electron chi connectivity index (χ1n) is 3.29. The van der Waals surface area contributed by atoms with Crippen molar-refractivity contribution in [1.82, 2.24) is 0 Å². The van der Waals surface area contributed by atoms with Crippen molar-refractivity contribution in [1.29, 1.82) is 0 Å². The molecule has 0 fully saturated rings. The SMILES string of the molecule is [C-]#[N+]c1c(C)cc(F)cc1C. The van der Waals surface area contributed by atoms with Gasteiger partial charge in [0, 0.05) is 0 Å². The van der Waals surface area contributed by atoms with E-state index in [0.29, 0.717) is 16.8 Å². The summed E-state index contributed by atoms with van der Waals surface area (Å²) in [4.78, 5) is 3.29. The van der Waals surface area contributed by atoms with Gasteiger partial charge in [0.1, 0.15) is 5.82 Å². The van der Waals surface area contributed by atoms with Crippen LogP contribution in [-0.4, -0.2) is 0 Å². The maximum absolute atomic E-state index is 12.6. The number of hydrogen-bond acceptors (Lipinski definition) is 0. The van der Waals surface area contributed by atoms with E-state index in [1.54, 1.807) is 13.8 Å². The van der Waals surface area contributed by atoms with Gasteiger partial charge in [-0.05, 0) is 37.1 Å². The zero-order valence-corrected chi connectivity index (χ0v) is 6.48. The molecule has 1 rings (SSSR count). The van der Waals surface area contributed by atoms with Crippen LogP contribution in [-0.2, 0) is 0 Å². The topological polar surface area (TPSA) is 4.36 Å². The van der Waals surface area contributed by atoms with E-state index in [9.17, 15) is 4.39 Å². The third-order valence-electron chi connectivity index (χ3n) is 1.57. The summed E-state index contributed by atoms with van der Waals surface area (Å²) >= 11 is 0. The molecule has 0 N–H and O–H groups in total. The number of nitrogens with zero attached hydrogens (tertiary/aromatic N) is 1. The van der Waals surface area contributed by atoms with Crippen LogP contribution < -0.4 is 0 Å². The van der Waals surface area contributed by atoms with Gasteiger partial charge < -0.3 is 0 Å². The lowest BCUT2D eigenvalue weighted by Gasteiger charge is -2.00. The van der Waals surface area contributed by atoms with Crippen molar-refractivity contribution < 1.29 is 4.39 Å². The lowest BCUT2D eigenvalue weighted by Crippen LogP contribution is -1.81. The number of hydrogen-bond donors (Lipinski definition) is 0. The molecule has 0 heterocycles. The zero-order valence-electron chi connectivity index (χ0n) is 6.48. The average Bonchev–Trinajstić information content (AvgIpc) is 1.85. The molecule has 56 valence electrons. The predicted molar refractivity (Wildman–Crippen MR) is 42.1 cm³/mol. The van der Waals surface area contributed by atoms with Crippen LogP contribution in [0.15, 0.2) is 12.1 Å². The van der Waals surface area contributed by atoms with Gasteiger partial charge >= 0.3 is 0 Å². The van der Waals surface area contributed by atoms with Crippen molar-refractivity contribution in [2.45, 2.75) is 13.8 Å². The summed E-state index contributed by atoms with van der Waals surface area (Å²) in [5.41, 5.74) is 1.97. The van der Waals surface area contributed by atoms with Crippen molar-refractivity contribution in [2.75, 3.05) is 0 Å². The molecule has 0 bridgehead atoms. The molecule has 1 nitrogen and oxygen atoms in total. The van der Waals surface area contributed by atoms with Crippen LogP contribution in [0.25, 0.3) is 4.85 Å². The fraction of sp³-hybridized carbons (Fsp3) is 0.222. The van der Waals surface area contributed by atoms with Crippen molar-refractivity contribution in [3.8, 4) is 0 Å². The van der Waals surface area contributed by atoms with E-state index in [-0.39, 0.29) is 5.82 Å². The van der Waals surface area contributed by atoms with Gasteiger partial charge in [-0.3, -0.25) is 0 Å². The summed E-state index contributed by atoms with van der Waals surface area (Å²) in [5.74, 6) is -0.271. The maximum atomic E-state index is 12.6. The molecule has 11 heavy (non-hydrogen) atoms. The van der Waals surface area contributed by atoms with Gasteiger partial charge in [0.25, 0.3) is 0 Å². The quantitative estimate of drug-likeness (QED) is 0.499. The molecule has 1 aromatic carbocycles. The molecular weight excluding hydrogens is 141 g/mol. The Morgan fingerprint density at radius 1 is 1.27 bits per heavy atom. The molecular formula is C9H8FN. The van der Waals surface area contributed by atoms with Crippen molar-refractivity contribution in [3.05, 3.63) is 40.5 Å². The van der Waals surface area contributed by atoms with Gasteiger partial charge in [-0.15, -0.1) is 0 Å². The molecule has 1 aromatic rings. The zero-order chi connectivity index (χ0) is 8.43. The highest BCUT2D eigenvalue weighted by Gasteiger charge is 2.03. The van der Waals surface area contributed by atoms with E-state index in [1.165, 1.54) is 12.1 Å². The van der Waals surface area contributed by atoms with E-state index in [4.69, 9.17) is 6.57 Å². The summed E-state index contributed by atoms with van der Waals surface area (Å²) in [5, 5.41) is 0. The first-order valence-corrected chi connectivity index (χ1v) is 3.29. The van der Waals surface area contributed by atoms with E-state index < -0.39 is 0 Å². The van der Waals surface area contributed by atoms with Crippen LogP contribution in [0.4, 0.5) is 10.1 Å². The Morgan fingerprint density at radius 3 is 2.09 bits per heavy atom. The minimum absolute atomic E-state index is 0.271. The molecule has 0 aliphatic carbocycles. The van der Waals surface area contributed by atoms with E-state index in [0.717, 1.165) is 0 Å². The lowest BCUT2D eigenvalue weighted by atomic mass is 10.1. The molecule has 0 spiro atoms. The number of halogens is 1. The Labute approximate surface area is 65.3 Å². The standard InChI is InChI=1S/C9H8FN/c1-6-4-8(10)5-7(2)9(6)11-3/h4-5H,1-2H3. The van der Waals surface area contributed by atoms with Crippen LogP contribution >= 0.6 is 0 Å². The van der Waals surface area contributed by atoms with Crippen molar-refractivity contribution >= 4 is 5.69 Å². The van der Waals surface area contributed by atoms with E-state index >= 15 is 0 Å². The van der Waals surface area contributed by atoms with Crippen LogP contribution in [0.1, 0.15) is 11.1 Å². The number of aryl methyl sites for hydroxylation is 2. The summed E-state index contributed by atoms with van der Waals surface area (Å²) < 4.78 is 12.6. The first-order chi connectivity index (χ1) is 5.15. The third kappa shape index (κ3) is 1.38. The highest BCUT2D eigenvalue weighted by Crippen LogP contribution is 2.24. The van der Waals surface area contributed by atoms with Gasteiger partial charge in [0.15, 0.2) is 5.69 Å². The smallest absolute Gasteiger partial charge is 0.193 e. The molecule has 0 saturated carbocycles. The Balaban J connectivity index is 3.40. The summed E-state index contributed by atoms with van der Waals surface area (Å²) in [6.07, 6.45) is 0. The molecule has 0 saturated heterocycles. The second-order valence-corrected chi connectivity index (χ2v) is 2.50. The second-order valence-electron chi connectivity index (χ2n) is 2.50. The first kappa shape index (κ1) is 7.74. The Morgan fingerprint density at radius 2 is 1.73 bits per heavy atom.